The predicted octanol–water partition coefficient (Wildman–Crippen LogP) is -1.12. The van der Waals surface area contributed by atoms with Crippen molar-refractivity contribution in [3.05, 3.63) is 0 Å². The second-order valence-electron chi connectivity index (χ2n) is 3.50. The zero-order valence-corrected chi connectivity index (χ0v) is 9.36. The van der Waals surface area contributed by atoms with E-state index in [4.69, 9.17) is 12.2 Å². The largest absolute Gasteiger partial charge is 0.347 e. The first-order chi connectivity index (χ1) is 6.90. The molecule has 0 bridgehead atoms. The molecule has 5 heteroatoms. The fourth-order valence-corrected chi connectivity index (χ4v) is 0.920. The van der Waals surface area contributed by atoms with E-state index >= 15 is 0 Å². The number of carbonyl (C=O) groups is 2. The molecule has 0 saturated heterocycles. The van der Waals surface area contributed by atoms with Gasteiger partial charge in [0.05, 0.1) is 12.6 Å². The van der Waals surface area contributed by atoms with Gasteiger partial charge in [-0.2, -0.15) is 0 Å². The second kappa shape index (κ2) is 6.04. The number of likely N-dealkylation sites (N-methyl/N-ethyl adjacent to an activating group) is 2. The number of hydrogen-bond acceptors (Lipinski definition) is 3. The van der Waals surface area contributed by atoms with Crippen LogP contribution >= 0.6 is 0 Å². The lowest BCUT2D eigenvalue weighted by Crippen LogP contribution is -2.45. The summed E-state index contributed by atoms with van der Waals surface area (Å²) in [5, 5.41) is 0. The normalized spacial score (nSPS) is 11.4. The van der Waals surface area contributed by atoms with E-state index in [1.165, 1.54) is 16.8 Å². The highest BCUT2D eigenvalue weighted by molar-refractivity contribution is 5.87. The van der Waals surface area contributed by atoms with Crippen LogP contribution in [0.4, 0.5) is 0 Å². The molecule has 0 aliphatic rings. The van der Waals surface area contributed by atoms with Crippen molar-refractivity contribution in [2.75, 3.05) is 27.7 Å². The summed E-state index contributed by atoms with van der Waals surface area (Å²) in [6.07, 6.45) is 5.22. The minimum atomic E-state index is -0.727. The van der Waals surface area contributed by atoms with Crippen LogP contribution in [0.3, 0.4) is 0 Å². The molecule has 2 N–H and O–H groups in total. The van der Waals surface area contributed by atoms with Crippen molar-refractivity contribution in [3.8, 4) is 12.3 Å². The average molecular weight is 211 g/mol. The van der Waals surface area contributed by atoms with Crippen LogP contribution in [0.25, 0.3) is 0 Å². The molecular weight excluding hydrogens is 194 g/mol. The van der Waals surface area contributed by atoms with E-state index in [0.29, 0.717) is 0 Å². The Morgan fingerprint density at radius 3 is 2.33 bits per heavy atom. The van der Waals surface area contributed by atoms with Gasteiger partial charge in [-0.25, -0.2) is 0 Å². The molecule has 5 nitrogen and oxygen atoms in total. The molecule has 0 fully saturated rings. The monoisotopic (exact) mass is 211 g/mol. The molecular formula is C10H17N3O2. The van der Waals surface area contributed by atoms with Crippen LogP contribution in [0.1, 0.15) is 6.42 Å². The van der Waals surface area contributed by atoms with Crippen LogP contribution in [-0.2, 0) is 9.59 Å². The molecule has 2 amide bonds. The van der Waals surface area contributed by atoms with Crippen LogP contribution in [0.15, 0.2) is 0 Å². The van der Waals surface area contributed by atoms with E-state index in [9.17, 15) is 9.59 Å². The maximum Gasteiger partial charge on any atom is 0.241 e. The standard InChI is InChI=1S/C10H17N3O2/c1-5-6-8(11)10(15)13(4)7-9(14)12(2)3/h1,8H,6-7,11H2,2-4H3. The number of amides is 2. The molecule has 0 aromatic carbocycles. The number of carbonyl (C=O) groups excluding carboxylic acids is 2. The molecule has 0 spiro atoms. The molecule has 0 aromatic heterocycles. The zero-order valence-electron chi connectivity index (χ0n) is 9.36. The number of terminal acetylenes is 1. The van der Waals surface area contributed by atoms with Crippen molar-refractivity contribution in [3.63, 3.8) is 0 Å². The van der Waals surface area contributed by atoms with E-state index in [-0.39, 0.29) is 24.8 Å². The Morgan fingerprint density at radius 2 is 1.93 bits per heavy atom. The van der Waals surface area contributed by atoms with E-state index in [2.05, 4.69) is 5.92 Å². The Bertz CT molecular complexity index is 281. The number of hydrogen-bond donors (Lipinski definition) is 1. The van der Waals surface area contributed by atoms with Crippen LogP contribution < -0.4 is 5.73 Å². The number of nitrogens with zero attached hydrogens (tertiary/aromatic N) is 2. The summed E-state index contributed by atoms with van der Waals surface area (Å²) in [6, 6.07) is -0.727. The van der Waals surface area contributed by atoms with Crippen molar-refractivity contribution < 1.29 is 9.59 Å². The lowest BCUT2D eigenvalue weighted by atomic mass is 10.2. The van der Waals surface area contributed by atoms with Crippen LogP contribution in [0.5, 0.6) is 0 Å². The fraction of sp³-hybridized carbons (Fsp3) is 0.600. The molecule has 1 unspecified atom stereocenters. The van der Waals surface area contributed by atoms with E-state index < -0.39 is 6.04 Å². The Kier molecular flexibility index (Phi) is 5.42. The Labute approximate surface area is 90.2 Å². The van der Waals surface area contributed by atoms with Crippen LogP contribution in [-0.4, -0.2) is 55.3 Å². The highest BCUT2D eigenvalue weighted by Crippen LogP contribution is 1.95. The first-order valence-electron chi connectivity index (χ1n) is 4.54. The highest BCUT2D eigenvalue weighted by atomic mass is 16.2. The van der Waals surface area contributed by atoms with Gasteiger partial charge < -0.3 is 15.5 Å². The molecule has 15 heavy (non-hydrogen) atoms. The predicted molar refractivity (Wildman–Crippen MR) is 57.8 cm³/mol. The fourth-order valence-electron chi connectivity index (χ4n) is 0.920. The maximum absolute atomic E-state index is 11.5. The molecule has 0 radical (unpaired) electrons. The third kappa shape index (κ3) is 4.47. The van der Waals surface area contributed by atoms with Gasteiger partial charge in [0.25, 0.3) is 0 Å². The van der Waals surface area contributed by atoms with Gasteiger partial charge in [0.2, 0.25) is 11.8 Å². The topological polar surface area (TPSA) is 66.6 Å². The third-order valence-electron chi connectivity index (χ3n) is 1.90. The van der Waals surface area contributed by atoms with Crippen molar-refractivity contribution in [2.45, 2.75) is 12.5 Å². The van der Waals surface area contributed by atoms with Gasteiger partial charge in [-0.15, -0.1) is 12.3 Å². The van der Waals surface area contributed by atoms with Crippen LogP contribution in [0.2, 0.25) is 0 Å². The van der Waals surface area contributed by atoms with Crippen molar-refractivity contribution in [1.82, 2.24) is 9.80 Å². The molecule has 0 heterocycles. The summed E-state index contributed by atoms with van der Waals surface area (Å²) in [5.41, 5.74) is 5.52. The molecule has 0 aliphatic heterocycles. The Morgan fingerprint density at radius 1 is 1.40 bits per heavy atom. The van der Waals surface area contributed by atoms with Gasteiger partial charge in [0.15, 0.2) is 0 Å². The van der Waals surface area contributed by atoms with Crippen molar-refractivity contribution in [1.29, 1.82) is 0 Å². The maximum atomic E-state index is 11.5. The van der Waals surface area contributed by atoms with Gasteiger partial charge in [-0.3, -0.25) is 9.59 Å². The SMILES string of the molecule is C#CCC(N)C(=O)N(C)CC(=O)N(C)C. The first-order valence-corrected chi connectivity index (χ1v) is 4.54. The molecule has 1 atom stereocenters. The van der Waals surface area contributed by atoms with Gasteiger partial charge in [-0.05, 0) is 0 Å². The Balaban J connectivity index is 4.22. The molecule has 84 valence electrons. The van der Waals surface area contributed by atoms with Crippen LogP contribution in [0, 0.1) is 12.3 Å². The summed E-state index contributed by atoms with van der Waals surface area (Å²) in [4.78, 5) is 25.5. The van der Waals surface area contributed by atoms with Gasteiger partial charge in [0.1, 0.15) is 0 Å². The summed E-state index contributed by atoms with van der Waals surface area (Å²) in [7, 11) is 4.78. The van der Waals surface area contributed by atoms with E-state index in [1.807, 2.05) is 0 Å². The summed E-state index contributed by atoms with van der Waals surface area (Å²) in [5.74, 6) is 1.84. The number of nitrogens with two attached hydrogens (primary N) is 1. The minimum absolute atomic E-state index is 0.0180. The third-order valence-corrected chi connectivity index (χ3v) is 1.90. The molecule has 0 rings (SSSR count). The van der Waals surface area contributed by atoms with E-state index in [1.54, 1.807) is 14.1 Å². The lowest BCUT2D eigenvalue weighted by Gasteiger charge is -2.21. The Hall–Kier alpha value is -1.54. The number of rotatable bonds is 4. The highest BCUT2D eigenvalue weighted by Gasteiger charge is 2.19. The van der Waals surface area contributed by atoms with Gasteiger partial charge >= 0.3 is 0 Å². The smallest absolute Gasteiger partial charge is 0.241 e. The van der Waals surface area contributed by atoms with Crippen molar-refractivity contribution in [2.24, 2.45) is 5.73 Å². The quantitative estimate of drug-likeness (QED) is 0.599. The lowest BCUT2D eigenvalue weighted by molar-refractivity contribution is -0.138. The van der Waals surface area contributed by atoms with E-state index in [0.717, 1.165) is 0 Å². The first kappa shape index (κ1) is 13.5. The van der Waals surface area contributed by atoms with Gasteiger partial charge in [0, 0.05) is 27.6 Å². The summed E-state index contributed by atoms with van der Waals surface area (Å²) < 4.78 is 0. The minimum Gasteiger partial charge on any atom is -0.347 e. The molecule has 0 aliphatic carbocycles. The zero-order chi connectivity index (χ0) is 12.0. The van der Waals surface area contributed by atoms with Crippen molar-refractivity contribution >= 4 is 11.8 Å². The summed E-state index contributed by atoms with van der Waals surface area (Å²) in [6.45, 7) is 0.0180. The second-order valence-corrected chi connectivity index (χ2v) is 3.50. The average Bonchev–Trinajstić information content (AvgIpc) is 2.16. The summed E-state index contributed by atoms with van der Waals surface area (Å²) >= 11 is 0. The van der Waals surface area contributed by atoms with Gasteiger partial charge in [-0.1, -0.05) is 0 Å². The molecule has 0 aromatic rings. The molecule has 0 saturated carbocycles.